The van der Waals surface area contributed by atoms with Crippen LogP contribution in [-0.4, -0.2) is 9.97 Å². The summed E-state index contributed by atoms with van der Waals surface area (Å²) in [7, 11) is 0. The zero-order valence-electron chi connectivity index (χ0n) is 26.9. The minimum absolute atomic E-state index is 0.280. The molecule has 2 heteroatoms. The molecule has 9 rings (SSSR count). The molecular formula is C45H36N2. The van der Waals surface area contributed by atoms with E-state index >= 15 is 0 Å². The highest BCUT2D eigenvalue weighted by atomic mass is 14.9. The maximum atomic E-state index is 5.54. The molecule has 0 saturated heterocycles. The van der Waals surface area contributed by atoms with Crippen LogP contribution in [0.1, 0.15) is 59.9 Å². The quantitative estimate of drug-likeness (QED) is 0.195. The van der Waals surface area contributed by atoms with Crippen LogP contribution in [0.2, 0.25) is 0 Å². The van der Waals surface area contributed by atoms with Crippen LogP contribution >= 0.6 is 0 Å². The monoisotopic (exact) mass is 604 g/mol. The molecule has 1 unspecified atom stereocenters. The lowest BCUT2D eigenvalue weighted by molar-refractivity contribution is 0.420. The van der Waals surface area contributed by atoms with Gasteiger partial charge < -0.3 is 0 Å². The summed E-state index contributed by atoms with van der Waals surface area (Å²) in [6, 6.07) is 50.7. The van der Waals surface area contributed by atoms with Crippen molar-refractivity contribution in [3.63, 3.8) is 0 Å². The third-order valence-corrected chi connectivity index (χ3v) is 10.8. The summed E-state index contributed by atoms with van der Waals surface area (Å²) < 4.78 is 0. The predicted octanol–water partition coefficient (Wildman–Crippen LogP) is 11.5. The zero-order chi connectivity index (χ0) is 31.5. The normalized spacial score (nSPS) is 16.9. The van der Waals surface area contributed by atoms with Crippen molar-refractivity contribution in [2.45, 2.75) is 44.4 Å². The zero-order valence-corrected chi connectivity index (χ0v) is 26.9. The molecule has 1 heterocycles. The van der Waals surface area contributed by atoms with Gasteiger partial charge in [-0.1, -0.05) is 140 Å². The summed E-state index contributed by atoms with van der Waals surface area (Å²) in [5.41, 5.74) is 15.7. The summed E-state index contributed by atoms with van der Waals surface area (Å²) in [4.78, 5) is 10.8. The van der Waals surface area contributed by atoms with E-state index in [0.29, 0.717) is 5.92 Å². The van der Waals surface area contributed by atoms with E-state index in [1.54, 1.807) is 0 Å². The number of benzene rings is 6. The van der Waals surface area contributed by atoms with E-state index < -0.39 is 0 Å². The van der Waals surface area contributed by atoms with E-state index in [0.717, 1.165) is 28.0 Å². The molecule has 47 heavy (non-hydrogen) atoms. The average Bonchev–Trinajstić information content (AvgIpc) is 3.37. The molecule has 0 N–H and O–H groups in total. The second kappa shape index (κ2) is 10.9. The number of aryl methyl sites for hydroxylation is 1. The van der Waals surface area contributed by atoms with Crippen LogP contribution in [0, 0.1) is 6.92 Å². The minimum Gasteiger partial charge on any atom is -0.228 e. The van der Waals surface area contributed by atoms with Crippen molar-refractivity contribution in [1.82, 2.24) is 9.97 Å². The lowest BCUT2D eigenvalue weighted by Crippen LogP contribution is -2.22. The fourth-order valence-corrected chi connectivity index (χ4v) is 8.24. The van der Waals surface area contributed by atoms with Crippen LogP contribution in [-0.2, 0) is 5.41 Å². The number of hydrogen-bond acceptors (Lipinski definition) is 2. The van der Waals surface area contributed by atoms with Crippen LogP contribution in [0.3, 0.4) is 0 Å². The summed E-state index contributed by atoms with van der Waals surface area (Å²) in [6.45, 7) is 4.61. The molecule has 0 radical (unpaired) electrons. The number of nitrogens with zero attached hydrogens (tertiary/aromatic N) is 2. The highest BCUT2D eigenvalue weighted by molar-refractivity contribution is 6.00. The lowest BCUT2D eigenvalue weighted by Gasteiger charge is -2.29. The van der Waals surface area contributed by atoms with Crippen molar-refractivity contribution in [3.8, 4) is 44.9 Å². The van der Waals surface area contributed by atoms with Gasteiger partial charge in [-0.25, -0.2) is 9.97 Å². The van der Waals surface area contributed by atoms with E-state index in [1.165, 1.54) is 74.9 Å². The van der Waals surface area contributed by atoms with E-state index in [2.05, 4.69) is 153 Å². The van der Waals surface area contributed by atoms with E-state index in [-0.39, 0.29) is 5.41 Å². The summed E-state index contributed by atoms with van der Waals surface area (Å²) >= 11 is 0. The van der Waals surface area contributed by atoms with Crippen LogP contribution in [0.4, 0.5) is 0 Å². The van der Waals surface area contributed by atoms with Gasteiger partial charge in [-0.05, 0) is 88.7 Å². The first-order valence-electron chi connectivity index (χ1n) is 16.9. The molecule has 0 amide bonds. The fourth-order valence-electron chi connectivity index (χ4n) is 8.24. The number of fused-ring (bicyclic) bond motifs is 4. The summed E-state index contributed by atoms with van der Waals surface area (Å²) in [5.74, 6) is 1.39. The molecule has 1 saturated carbocycles. The lowest BCUT2D eigenvalue weighted by atomic mass is 9.74. The molecule has 1 aromatic heterocycles. The number of para-hydroxylation sites is 1. The molecular weight excluding hydrogens is 569 g/mol. The maximum absolute atomic E-state index is 5.54. The van der Waals surface area contributed by atoms with E-state index in [1.807, 2.05) is 0 Å². The third-order valence-electron chi connectivity index (χ3n) is 10.8. The molecule has 226 valence electrons. The van der Waals surface area contributed by atoms with Gasteiger partial charge in [0.1, 0.15) is 0 Å². The predicted molar refractivity (Wildman–Crippen MR) is 195 cm³/mol. The molecule has 1 atom stereocenters. The molecule has 7 aromatic rings. The second-order valence-electron chi connectivity index (χ2n) is 13.4. The van der Waals surface area contributed by atoms with Gasteiger partial charge in [-0.15, -0.1) is 0 Å². The Hall–Kier alpha value is -5.34. The fraction of sp³-hybridized carbons (Fsp3) is 0.156. The van der Waals surface area contributed by atoms with Gasteiger partial charge in [-0.2, -0.15) is 0 Å². The first-order valence-corrected chi connectivity index (χ1v) is 16.9. The number of hydrogen-bond donors (Lipinski definition) is 0. The molecule has 0 bridgehead atoms. The first-order chi connectivity index (χ1) is 23.1. The highest BCUT2D eigenvalue weighted by Gasteiger charge is 2.42. The van der Waals surface area contributed by atoms with Gasteiger partial charge in [0.2, 0.25) is 0 Å². The van der Waals surface area contributed by atoms with Crippen LogP contribution in [0.5, 0.6) is 0 Å². The van der Waals surface area contributed by atoms with E-state index in [9.17, 15) is 0 Å². The van der Waals surface area contributed by atoms with Crippen molar-refractivity contribution in [3.05, 3.63) is 167 Å². The Labute approximate surface area is 276 Å². The van der Waals surface area contributed by atoms with Gasteiger partial charge in [0.05, 0.1) is 11.2 Å². The smallest absolute Gasteiger partial charge is 0.161 e. The van der Waals surface area contributed by atoms with Crippen molar-refractivity contribution >= 4 is 10.9 Å². The van der Waals surface area contributed by atoms with Crippen molar-refractivity contribution in [1.29, 1.82) is 0 Å². The van der Waals surface area contributed by atoms with Crippen molar-refractivity contribution < 1.29 is 0 Å². The molecule has 2 nitrogen and oxygen atoms in total. The summed E-state index contributed by atoms with van der Waals surface area (Å²) in [5, 5.41) is 1.08. The van der Waals surface area contributed by atoms with Crippen molar-refractivity contribution in [2.75, 3.05) is 0 Å². The van der Waals surface area contributed by atoms with Gasteiger partial charge in [0.15, 0.2) is 5.82 Å². The Balaban J connectivity index is 1.31. The Morgan fingerprint density at radius 3 is 2.04 bits per heavy atom. The first kappa shape index (κ1) is 27.9. The molecule has 2 aliphatic rings. The maximum Gasteiger partial charge on any atom is 0.161 e. The third kappa shape index (κ3) is 4.24. The topological polar surface area (TPSA) is 25.8 Å². The average molecular weight is 605 g/mol. The van der Waals surface area contributed by atoms with Gasteiger partial charge >= 0.3 is 0 Å². The SMILES string of the molecule is Cc1cccc(-c2nc(-c3cccc4c3-c3ccccc3C4(C)c3ccccc3)nc3ccccc23)c1-c1ccccc1C1CCC1. The molecule has 1 fully saturated rings. The van der Waals surface area contributed by atoms with E-state index in [4.69, 9.17) is 9.97 Å². The Morgan fingerprint density at radius 2 is 1.21 bits per heavy atom. The van der Waals surface area contributed by atoms with Gasteiger partial charge in [-0.3, -0.25) is 0 Å². The largest absolute Gasteiger partial charge is 0.228 e. The Bertz CT molecular complexity index is 2310. The van der Waals surface area contributed by atoms with Gasteiger partial charge in [0.25, 0.3) is 0 Å². The van der Waals surface area contributed by atoms with Crippen LogP contribution < -0.4 is 0 Å². The van der Waals surface area contributed by atoms with Crippen LogP contribution in [0.25, 0.3) is 55.8 Å². The number of aromatic nitrogens is 2. The minimum atomic E-state index is -0.280. The summed E-state index contributed by atoms with van der Waals surface area (Å²) in [6.07, 6.45) is 3.84. The highest BCUT2D eigenvalue weighted by Crippen LogP contribution is 2.55. The molecule has 0 aliphatic heterocycles. The molecule has 2 aliphatic carbocycles. The second-order valence-corrected chi connectivity index (χ2v) is 13.4. The number of rotatable bonds is 5. The van der Waals surface area contributed by atoms with Crippen molar-refractivity contribution in [2.24, 2.45) is 0 Å². The molecule has 0 spiro atoms. The molecule has 6 aromatic carbocycles. The van der Waals surface area contributed by atoms with Gasteiger partial charge in [0, 0.05) is 21.9 Å². The van der Waals surface area contributed by atoms with Crippen LogP contribution in [0.15, 0.2) is 140 Å². The Kier molecular flexibility index (Phi) is 6.47. The Morgan fingerprint density at radius 1 is 0.553 bits per heavy atom. The standard InChI is InChI=1S/C45H36N2/c1-29-15-12-24-36(41(29)33-21-7-6-20-32(33)30-16-13-17-30)43-35-23-9-11-28-40(35)46-44(47-43)37-25-14-27-39-42(37)34-22-8-10-26-38(34)45(39,2)31-18-4-3-5-19-31/h3-12,14-15,18-28,30H,13,16-17H2,1-2H3.